The van der Waals surface area contributed by atoms with Crippen molar-refractivity contribution in [3.05, 3.63) is 94.9 Å². The van der Waals surface area contributed by atoms with Gasteiger partial charge in [0.2, 0.25) is 5.91 Å². The average Bonchev–Trinajstić information content (AvgIpc) is 3.06. The molecule has 9 heteroatoms. The summed E-state index contributed by atoms with van der Waals surface area (Å²) in [6.07, 6.45) is 0. The van der Waals surface area contributed by atoms with Gasteiger partial charge in [0.25, 0.3) is 10.0 Å². The molecular formula is C23H19N3O5S. The standard InChI is InChI=1S/C23H19N3O5S/c1-16(27)17-11-13-18(14-12-17)24-22(28)15-25-20-9-5-6-10-21(20)26(23(25)29)32(30,31)19-7-3-2-4-8-19/h2-14H,15H2,1H3,(H,24,28). The summed E-state index contributed by atoms with van der Waals surface area (Å²) in [5, 5.41) is 2.66. The highest BCUT2D eigenvalue weighted by Gasteiger charge is 2.25. The lowest BCUT2D eigenvalue weighted by Gasteiger charge is -2.07. The van der Waals surface area contributed by atoms with Crippen LogP contribution in [0.5, 0.6) is 0 Å². The van der Waals surface area contributed by atoms with E-state index in [1.807, 2.05) is 0 Å². The van der Waals surface area contributed by atoms with Gasteiger partial charge in [0, 0.05) is 11.3 Å². The number of hydrogen-bond donors (Lipinski definition) is 1. The minimum Gasteiger partial charge on any atom is -0.325 e. The molecule has 0 unspecified atom stereocenters. The Bertz CT molecular complexity index is 1480. The van der Waals surface area contributed by atoms with Crippen molar-refractivity contribution < 1.29 is 18.0 Å². The van der Waals surface area contributed by atoms with Crippen molar-refractivity contribution in [2.45, 2.75) is 18.4 Å². The van der Waals surface area contributed by atoms with Crippen molar-refractivity contribution >= 4 is 38.4 Å². The van der Waals surface area contributed by atoms with Crippen LogP contribution in [0.25, 0.3) is 11.0 Å². The number of amides is 1. The number of carbonyl (C=O) groups excluding carboxylic acids is 2. The Labute approximate surface area is 183 Å². The van der Waals surface area contributed by atoms with Crippen LogP contribution < -0.4 is 11.0 Å². The summed E-state index contributed by atoms with van der Waals surface area (Å²) < 4.78 is 28.2. The monoisotopic (exact) mass is 449 g/mol. The van der Waals surface area contributed by atoms with E-state index in [9.17, 15) is 22.8 Å². The van der Waals surface area contributed by atoms with E-state index in [-0.39, 0.29) is 22.7 Å². The van der Waals surface area contributed by atoms with Gasteiger partial charge < -0.3 is 5.32 Å². The number of ketones is 1. The second-order valence-electron chi connectivity index (χ2n) is 7.12. The number of imidazole rings is 1. The number of aromatic nitrogens is 2. The number of rotatable bonds is 6. The molecule has 0 atom stereocenters. The number of carbonyl (C=O) groups is 2. The predicted octanol–water partition coefficient (Wildman–Crippen LogP) is 2.88. The van der Waals surface area contributed by atoms with Crippen LogP contribution in [0, 0.1) is 0 Å². The predicted molar refractivity (Wildman–Crippen MR) is 120 cm³/mol. The Hall–Kier alpha value is -3.98. The normalized spacial score (nSPS) is 11.4. The first-order valence-electron chi connectivity index (χ1n) is 9.71. The molecule has 1 amide bonds. The number of Topliss-reactive ketones (excluding diaryl/α,β-unsaturated/α-hetero) is 1. The lowest BCUT2D eigenvalue weighted by molar-refractivity contribution is -0.116. The first-order chi connectivity index (χ1) is 15.3. The molecule has 1 heterocycles. The number of para-hydroxylation sites is 2. The topological polar surface area (TPSA) is 107 Å². The molecule has 0 bridgehead atoms. The Morgan fingerprint density at radius 1 is 0.844 bits per heavy atom. The third-order valence-corrected chi connectivity index (χ3v) is 6.66. The largest absolute Gasteiger partial charge is 0.343 e. The van der Waals surface area contributed by atoms with Crippen LogP contribution in [0.3, 0.4) is 0 Å². The molecular weight excluding hydrogens is 430 g/mol. The zero-order valence-corrected chi connectivity index (χ0v) is 17.9. The zero-order chi connectivity index (χ0) is 22.9. The SMILES string of the molecule is CC(=O)c1ccc(NC(=O)Cn2c(=O)n(S(=O)(=O)c3ccccc3)c3ccccc32)cc1. The van der Waals surface area contributed by atoms with E-state index in [1.54, 1.807) is 60.7 Å². The van der Waals surface area contributed by atoms with Gasteiger partial charge in [-0.15, -0.1) is 0 Å². The number of hydrogen-bond acceptors (Lipinski definition) is 5. The van der Waals surface area contributed by atoms with Crippen LogP contribution in [0.15, 0.2) is 88.6 Å². The van der Waals surface area contributed by atoms with Crippen LogP contribution in [0.2, 0.25) is 0 Å². The molecule has 0 aliphatic carbocycles. The number of anilines is 1. The number of nitrogens with one attached hydrogen (secondary N) is 1. The molecule has 8 nitrogen and oxygen atoms in total. The number of fused-ring (bicyclic) bond motifs is 1. The van der Waals surface area contributed by atoms with Crippen molar-refractivity contribution in [1.82, 2.24) is 8.54 Å². The molecule has 0 fully saturated rings. The molecule has 1 aromatic heterocycles. The van der Waals surface area contributed by atoms with Gasteiger partial charge in [-0.1, -0.05) is 30.3 Å². The minimum atomic E-state index is -4.16. The molecule has 0 saturated carbocycles. The van der Waals surface area contributed by atoms with Gasteiger partial charge in [0.1, 0.15) is 6.54 Å². The summed E-state index contributed by atoms with van der Waals surface area (Å²) in [4.78, 5) is 37.1. The maximum absolute atomic E-state index is 13.2. The maximum atomic E-state index is 13.2. The summed E-state index contributed by atoms with van der Waals surface area (Å²) in [5.41, 5.74) is 0.623. The van der Waals surface area contributed by atoms with Crippen LogP contribution in [-0.4, -0.2) is 28.6 Å². The van der Waals surface area contributed by atoms with Crippen molar-refractivity contribution in [2.75, 3.05) is 5.32 Å². The molecule has 0 aliphatic rings. The van der Waals surface area contributed by atoms with Crippen LogP contribution in [0.1, 0.15) is 17.3 Å². The van der Waals surface area contributed by atoms with E-state index < -0.39 is 21.6 Å². The summed E-state index contributed by atoms with van der Waals surface area (Å²) in [7, 11) is -4.16. The first-order valence-corrected chi connectivity index (χ1v) is 11.1. The highest BCUT2D eigenvalue weighted by atomic mass is 32.2. The lowest BCUT2D eigenvalue weighted by Crippen LogP contribution is -2.32. The third-order valence-electron chi connectivity index (χ3n) is 4.95. The van der Waals surface area contributed by atoms with Crippen LogP contribution in [-0.2, 0) is 21.4 Å². The molecule has 0 aliphatic heterocycles. The lowest BCUT2D eigenvalue weighted by atomic mass is 10.1. The van der Waals surface area contributed by atoms with Gasteiger partial charge in [-0.3, -0.25) is 14.2 Å². The van der Waals surface area contributed by atoms with Gasteiger partial charge >= 0.3 is 5.69 Å². The van der Waals surface area contributed by atoms with E-state index in [2.05, 4.69) is 5.32 Å². The van der Waals surface area contributed by atoms with Crippen LogP contribution in [0.4, 0.5) is 5.69 Å². The molecule has 162 valence electrons. The summed E-state index contributed by atoms with van der Waals surface area (Å²) in [5.74, 6) is -0.607. The Morgan fingerprint density at radius 3 is 2.06 bits per heavy atom. The molecule has 0 radical (unpaired) electrons. The van der Waals surface area contributed by atoms with Gasteiger partial charge in [-0.05, 0) is 55.5 Å². The molecule has 32 heavy (non-hydrogen) atoms. The fourth-order valence-corrected chi connectivity index (χ4v) is 4.82. The van der Waals surface area contributed by atoms with E-state index >= 15 is 0 Å². The second-order valence-corrected chi connectivity index (χ2v) is 8.91. The number of benzene rings is 3. The van der Waals surface area contributed by atoms with E-state index in [1.165, 1.54) is 25.1 Å². The van der Waals surface area contributed by atoms with Gasteiger partial charge in [-0.25, -0.2) is 13.2 Å². The smallest absolute Gasteiger partial charge is 0.325 e. The zero-order valence-electron chi connectivity index (χ0n) is 17.1. The molecule has 4 aromatic rings. The Kier molecular flexibility index (Phi) is 5.50. The van der Waals surface area contributed by atoms with Gasteiger partial charge in [-0.2, -0.15) is 3.97 Å². The summed E-state index contributed by atoms with van der Waals surface area (Å²) >= 11 is 0. The van der Waals surface area contributed by atoms with Gasteiger partial charge in [0.05, 0.1) is 15.9 Å². The average molecular weight is 449 g/mol. The van der Waals surface area contributed by atoms with Crippen molar-refractivity contribution in [3.63, 3.8) is 0 Å². The highest BCUT2D eigenvalue weighted by molar-refractivity contribution is 7.90. The molecule has 3 aromatic carbocycles. The molecule has 0 saturated heterocycles. The molecule has 4 rings (SSSR count). The Morgan fingerprint density at radius 2 is 1.44 bits per heavy atom. The highest BCUT2D eigenvalue weighted by Crippen LogP contribution is 2.20. The first kappa shape index (κ1) is 21.3. The number of nitrogens with zero attached hydrogens (tertiary/aromatic N) is 2. The fraction of sp³-hybridized carbons (Fsp3) is 0.0870. The van der Waals surface area contributed by atoms with Gasteiger partial charge in [0.15, 0.2) is 5.78 Å². The third kappa shape index (κ3) is 3.85. The van der Waals surface area contributed by atoms with E-state index in [4.69, 9.17) is 0 Å². The summed E-state index contributed by atoms with van der Waals surface area (Å²) in [6.45, 7) is 1.06. The van der Waals surface area contributed by atoms with Crippen LogP contribution >= 0.6 is 0 Å². The molecule has 0 spiro atoms. The maximum Gasteiger partial charge on any atom is 0.343 e. The van der Waals surface area contributed by atoms with E-state index in [0.717, 1.165) is 4.57 Å². The summed E-state index contributed by atoms with van der Waals surface area (Å²) in [6, 6.07) is 20.4. The minimum absolute atomic E-state index is 0.0278. The second kappa shape index (κ2) is 8.27. The Balaban J connectivity index is 1.71. The fourth-order valence-electron chi connectivity index (χ4n) is 3.40. The van der Waals surface area contributed by atoms with Crippen molar-refractivity contribution in [2.24, 2.45) is 0 Å². The van der Waals surface area contributed by atoms with E-state index in [0.29, 0.717) is 20.7 Å². The quantitative estimate of drug-likeness (QED) is 0.456. The molecule has 1 N–H and O–H groups in total. The van der Waals surface area contributed by atoms with Crippen molar-refractivity contribution in [1.29, 1.82) is 0 Å². The van der Waals surface area contributed by atoms with Crippen molar-refractivity contribution in [3.8, 4) is 0 Å².